The van der Waals surface area contributed by atoms with E-state index in [-0.39, 0.29) is 11.0 Å². The second-order valence-corrected chi connectivity index (χ2v) is 10.6. The normalized spacial score (nSPS) is 23.8. The van der Waals surface area contributed by atoms with Crippen LogP contribution in [0.4, 0.5) is 0 Å². The first-order valence-electron chi connectivity index (χ1n) is 10.1. The predicted octanol–water partition coefficient (Wildman–Crippen LogP) is 3.45. The molecule has 0 aromatic rings. The third-order valence-electron chi connectivity index (χ3n) is 6.08. The molecule has 1 fully saturated rings. The van der Waals surface area contributed by atoms with Gasteiger partial charge in [-0.05, 0) is 59.4 Å². The molecule has 0 amide bonds. The Balaban J connectivity index is 2.86. The standard InChI is InChI=1S/C19H42N2O3Si/c1-9-14-21-15-13-17(18(5,6)19(21,7)8)20-16-25(22-10-2,23-11-3)24-12-4/h17,20H,9-16H2,1-8H3. The predicted molar refractivity (Wildman–Crippen MR) is 107 cm³/mol. The molecule has 25 heavy (non-hydrogen) atoms. The highest BCUT2D eigenvalue weighted by Gasteiger charge is 2.51. The van der Waals surface area contributed by atoms with Gasteiger partial charge in [-0.15, -0.1) is 0 Å². The van der Waals surface area contributed by atoms with Crippen LogP contribution in [0.5, 0.6) is 0 Å². The molecule has 1 atom stereocenters. The number of rotatable bonds is 11. The van der Waals surface area contributed by atoms with Crippen molar-refractivity contribution >= 4 is 8.80 Å². The summed E-state index contributed by atoms with van der Waals surface area (Å²) < 4.78 is 18.0. The smallest absolute Gasteiger partial charge is 0.373 e. The molecule has 0 aromatic carbocycles. The lowest BCUT2D eigenvalue weighted by atomic mass is 9.65. The molecule has 150 valence electrons. The van der Waals surface area contributed by atoms with Gasteiger partial charge < -0.3 is 18.6 Å². The first kappa shape index (κ1) is 23.1. The van der Waals surface area contributed by atoms with E-state index >= 15 is 0 Å². The summed E-state index contributed by atoms with van der Waals surface area (Å²) in [6, 6.07) is 0.420. The fraction of sp³-hybridized carbons (Fsp3) is 1.00. The molecule has 0 spiro atoms. The van der Waals surface area contributed by atoms with Crippen molar-refractivity contribution in [2.75, 3.05) is 39.1 Å². The lowest BCUT2D eigenvalue weighted by molar-refractivity contribution is -0.0541. The van der Waals surface area contributed by atoms with Crippen LogP contribution in [0.25, 0.3) is 0 Å². The number of piperidine rings is 1. The molecule has 1 N–H and O–H groups in total. The van der Waals surface area contributed by atoms with Crippen LogP contribution in [-0.2, 0) is 13.3 Å². The van der Waals surface area contributed by atoms with Gasteiger partial charge >= 0.3 is 8.80 Å². The molecule has 0 radical (unpaired) electrons. The summed E-state index contributed by atoms with van der Waals surface area (Å²) in [5.74, 6) is 0. The zero-order chi connectivity index (χ0) is 19.1. The van der Waals surface area contributed by atoms with Crippen molar-refractivity contribution in [1.82, 2.24) is 10.2 Å². The van der Waals surface area contributed by atoms with Gasteiger partial charge in [0.25, 0.3) is 0 Å². The average Bonchev–Trinajstić information content (AvgIpc) is 2.52. The number of likely N-dealkylation sites (tertiary alicyclic amines) is 1. The fourth-order valence-electron chi connectivity index (χ4n) is 3.96. The highest BCUT2D eigenvalue weighted by atomic mass is 28.4. The molecule has 1 rings (SSSR count). The van der Waals surface area contributed by atoms with E-state index in [1.54, 1.807) is 0 Å². The molecule has 1 aliphatic rings. The van der Waals surface area contributed by atoms with E-state index in [9.17, 15) is 0 Å². The molecule has 5 nitrogen and oxygen atoms in total. The zero-order valence-electron chi connectivity index (χ0n) is 17.9. The van der Waals surface area contributed by atoms with Crippen molar-refractivity contribution < 1.29 is 13.3 Å². The van der Waals surface area contributed by atoms with E-state index in [2.05, 4.69) is 44.8 Å². The highest BCUT2D eigenvalue weighted by molar-refractivity contribution is 6.60. The maximum Gasteiger partial charge on any atom is 0.515 e. The molecule has 1 heterocycles. The average molecular weight is 375 g/mol. The Morgan fingerprint density at radius 2 is 1.48 bits per heavy atom. The number of nitrogens with one attached hydrogen (secondary N) is 1. The van der Waals surface area contributed by atoms with Crippen LogP contribution in [0.15, 0.2) is 0 Å². The van der Waals surface area contributed by atoms with Gasteiger partial charge in [0.1, 0.15) is 0 Å². The van der Waals surface area contributed by atoms with E-state index in [1.165, 1.54) is 13.0 Å². The number of nitrogens with zero attached hydrogens (tertiary/aromatic N) is 1. The molecule has 0 bridgehead atoms. The number of hydrogen-bond donors (Lipinski definition) is 1. The van der Waals surface area contributed by atoms with Gasteiger partial charge in [0.2, 0.25) is 0 Å². The van der Waals surface area contributed by atoms with Gasteiger partial charge in [0.05, 0.1) is 6.17 Å². The van der Waals surface area contributed by atoms with Gasteiger partial charge in [-0.25, -0.2) is 0 Å². The molecule has 6 heteroatoms. The topological polar surface area (TPSA) is 43.0 Å². The molecule has 1 saturated heterocycles. The van der Waals surface area contributed by atoms with Gasteiger partial charge in [-0.1, -0.05) is 20.8 Å². The maximum absolute atomic E-state index is 6.00. The van der Waals surface area contributed by atoms with Gasteiger partial charge in [0, 0.05) is 37.9 Å². The first-order chi connectivity index (χ1) is 11.7. The van der Waals surface area contributed by atoms with Gasteiger partial charge in [0.15, 0.2) is 0 Å². The Hall–Kier alpha value is 0.0169. The second-order valence-electron chi connectivity index (χ2n) is 7.97. The van der Waals surface area contributed by atoms with Crippen molar-refractivity contribution in [1.29, 1.82) is 0 Å². The Morgan fingerprint density at radius 3 is 1.92 bits per heavy atom. The molecular formula is C19H42N2O3Si. The lowest BCUT2D eigenvalue weighted by Crippen LogP contribution is -2.68. The quantitative estimate of drug-likeness (QED) is 0.561. The Labute approximate surface area is 157 Å². The minimum absolute atomic E-state index is 0.144. The summed E-state index contributed by atoms with van der Waals surface area (Å²) in [5.41, 5.74) is 0.289. The van der Waals surface area contributed by atoms with Crippen LogP contribution in [0.2, 0.25) is 0 Å². The Morgan fingerprint density at radius 1 is 0.960 bits per heavy atom. The summed E-state index contributed by atoms with van der Waals surface area (Å²) in [5, 5.41) is 3.79. The minimum Gasteiger partial charge on any atom is -0.373 e. The zero-order valence-corrected chi connectivity index (χ0v) is 18.9. The van der Waals surface area contributed by atoms with Crippen LogP contribution in [0, 0.1) is 5.41 Å². The van der Waals surface area contributed by atoms with E-state index in [1.807, 2.05) is 20.8 Å². The lowest BCUT2D eigenvalue weighted by Gasteiger charge is -2.57. The monoisotopic (exact) mass is 374 g/mol. The largest absolute Gasteiger partial charge is 0.515 e. The fourth-order valence-corrected chi connectivity index (χ4v) is 6.34. The minimum atomic E-state index is -2.65. The molecule has 0 saturated carbocycles. The van der Waals surface area contributed by atoms with Crippen molar-refractivity contribution in [2.24, 2.45) is 5.41 Å². The van der Waals surface area contributed by atoms with Crippen molar-refractivity contribution in [3.05, 3.63) is 0 Å². The Bertz CT molecular complexity index is 374. The van der Waals surface area contributed by atoms with Crippen LogP contribution in [-0.4, -0.2) is 64.4 Å². The molecular weight excluding hydrogens is 332 g/mol. The van der Waals surface area contributed by atoms with E-state index in [0.29, 0.717) is 32.0 Å². The van der Waals surface area contributed by atoms with Crippen molar-refractivity contribution in [3.63, 3.8) is 0 Å². The SMILES string of the molecule is CCCN1CCC(NC[Si](OCC)(OCC)OCC)C(C)(C)C1(C)C. The molecule has 0 aliphatic carbocycles. The van der Waals surface area contributed by atoms with Crippen LogP contribution in [0.1, 0.15) is 68.2 Å². The van der Waals surface area contributed by atoms with Crippen LogP contribution in [0.3, 0.4) is 0 Å². The summed E-state index contributed by atoms with van der Waals surface area (Å²) in [6.07, 6.45) is 3.03. The number of hydrogen-bond acceptors (Lipinski definition) is 5. The van der Waals surface area contributed by atoms with Gasteiger partial charge in [-0.3, -0.25) is 4.90 Å². The molecule has 0 aromatic heterocycles. The van der Waals surface area contributed by atoms with Crippen molar-refractivity contribution in [3.8, 4) is 0 Å². The summed E-state index contributed by atoms with van der Waals surface area (Å²) in [4.78, 5) is 2.64. The van der Waals surface area contributed by atoms with E-state index in [4.69, 9.17) is 13.3 Å². The van der Waals surface area contributed by atoms with Gasteiger partial charge in [-0.2, -0.15) is 0 Å². The van der Waals surface area contributed by atoms with Crippen molar-refractivity contribution in [2.45, 2.75) is 79.8 Å². The summed E-state index contributed by atoms with van der Waals surface area (Å²) in [6.45, 7) is 22.0. The van der Waals surface area contributed by atoms with E-state index < -0.39 is 8.80 Å². The molecule has 1 aliphatic heterocycles. The first-order valence-corrected chi connectivity index (χ1v) is 12.0. The van der Waals surface area contributed by atoms with Crippen LogP contribution >= 0.6 is 0 Å². The third-order valence-corrected chi connectivity index (χ3v) is 8.90. The second kappa shape index (κ2) is 9.81. The Kier molecular flexibility index (Phi) is 9.05. The third kappa shape index (κ3) is 5.27. The molecule has 1 unspecified atom stereocenters. The van der Waals surface area contributed by atoms with E-state index in [0.717, 1.165) is 13.0 Å². The highest BCUT2D eigenvalue weighted by Crippen LogP contribution is 2.43. The van der Waals surface area contributed by atoms with Crippen LogP contribution < -0.4 is 5.32 Å². The maximum atomic E-state index is 6.00. The summed E-state index contributed by atoms with van der Waals surface area (Å²) >= 11 is 0. The summed E-state index contributed by atoms with van der Waals surface area (Å²) in [7, 11) is -2.65.